The summed E-state index contributed by atoms with van der Waals surface area (Å²) in [5, 5.41) is 2.79. The Hall–Kier alpha value is -3.55. The first kappa shape index (κ1) is 19.2. The molecule has 0 amide bonds. The van der Waals surface area contributed by atoms with Gasteiger partial charge >= 0.3 is 12.1 Å². The molecule has 0 radical (unpaired) electrons. The van der Waals surface area contributed by atoms with Crippen molar-refractivity contribution in [3.8, 4) is 0 Å². The Morgan fingerprint density at radius 2 is 1.79 bits per heavy atom. The Kier molecular flexibility index (Phi) is 5.49. The van der Waals surface area contributed by atoms with Gasteiger partial charge in [0.1, 0.15) is 0 Å². The van der Waals surface area contributed by atoms with Crippen LogP contribution in [0.3, 0.4) is 0 Å². The molecule has 3 aromatic rings. The van der Waals surface area contributed by atoms with Crippen molar-refractivity contribution in [2.75, 3.05) is 11.9 Å². The number of esters is 1. The summed E-state index contributed by atoms with van der Waals surface area (Å²) in [5.74, 6) is -1.17. The van der Waals surface area contributed by atoms with Crippen LogP contribution in [0.15, 0.2) is 66.9 Å². The minimum Gasteiger partial charge on any atom is -0.454 e. The third-order valence-electron chi connectivity index (χ3n) is 3.85. The predicted molar refractivity (Wildman–Crippen MR) is 96.6 cm³/mol. The summed E-state index contributed by atoms with van der Waals surface area (Å²) < 4.78 is 43.7. The van der Waals surface area contributed by atoms with Gasteiger partial charge in [-0.2, -0.15) is 13.2 Å². The van der Waals surface area contributed by atoms with E-state index in [4.69, 9.17) is 4.74 Å². The lowest BCUT2D eigenvalue weighted by molar-refractivity contribution is -0.137. The standard InChI is InChI=1S/C20H15F3N2O3/c21-20(22,23)13-5-3-6-14(11-13)25-16-8-2-1-7-15(16)19(27)28-12-18(26)17-9-4-10-24-17/h1-11,24-25H,12H2. The summed E-state index contributed by atoms with van der Waals surface area (Å²) in [4.78, 5) is 27.0. The molecule has 0 aliphatic carbocycles. The van der Waals surface area contributed by atoms with Crippen LogP contribution in [0.25, 0.3) is 0 Å². The number of carbonyl (C=O) groups excluding carboxylic acids is 2. The number of ketones is 1. The topological polar surface area (TPSA) is 71.2 Å². The molecule has 0 spiro atoms. The number of aromatic nitrogens is 1. The van der Waals surface area contributed by atoms with E-state index in [0.29, 0.717) is 5.69 Å². The molecule has 0 fully saturated rings. The van der Waals surface area contributed by atoms with Gasteiger partial charge in [-0.25, -0.2) is 4.79 Å². The number of anilines is 2. The van der Waals surface area contributed by atoms with Crippen LogP contribution in [0.1, 0.15) is 26.4 Å². The van der Waals surface area contributed by atoms with Crippen molar-refractivity contribution in [1.29, 1.82) is 0 Å². The average molecular weight is 388 g/mol. The maximum atomic E-state index is 12.9. The first-order chi connectivity index (χ1) is 13.3. The molecule has 28 heavy (non-hydrogen) atoms. The third kappa shape index (κ3) is 4.59. The maximum Gasteiger partial charge on any atom is 0.416 e. The first-order valence-corrected chi connectivity index (χ1v) is 8.21. The first-order valence-electron chi connectivity index (χ1n) is 8.21. The van der Waals surface area contributed by atoms with E-state index in [1.807, 2.05) is 0 Å². The molecule has 1 aromatic heterocycles. The summed E-state index contributed by atoms with van der Waals surface area (Å²) in [5.41, 5.74) is 0.0214. The molecule has 0 atom stereocenters. The van der Waals surface area contributed by atoms with Crippen molar-refractivity contribution in [3.05, 3.63) is 83.7 Å². The molecule has 0 saturated heterocycles. The fourth-order valence-corrected chi connectivity index (χ4v) is 2.49. The van der Waals surface area contributed by atoms with Crippen LogP contribution >= 0.6 is 0 Å². The van der Waals surface area contributed by atoms with Crippen LogP contribution in [-0.2, 0) is 10.9 Å². The van der Waals surface area contributed by atoms with Gasteiger partial charge in [-0.3, -0.25) is 4.79 Å². The van der Waals surface area contributed by atoms with Gasteiger partial charge < -0.3 is 15.0 Å². The lowest BCUT2D eigenvalue weighted by Crippen LogP contribution is -2.15. The van der Waals surface area contributed by atoms with Gasteiger partial charge in [-0.15, -0.1) is 0 Å². The maximum absolute atomic E-state index is 12.9. The van der Waals surface area contributed by atoms with Crippen molar-refractivity contribution in [2.24, 2.45) is 0 Å². The van der Waals surface area contributed by atoms with E-state index in [-0.39, 0.29) is 16.9 Å². The molecule has 5 nitrogen and oxygen atoms in total. The zero-order valence-corrected chi connectivity index (χ0v) is 14.4. The van der Waals surface area contributed by atoms with E-state index in [0.717, 1.165) is 12.1 Å². The molecule has 0 bridgehead atoms. The number of para-hydroxylation sites is 1. The van der Waals surface area contributed by atoms with E-state index in [1.54, 1.807) is 30.5 Å². The van der Waals surface area contributed by atoms with Crippen LogP contribution < -0.4 is 5.32 Å². The van der Waals surface area contributed by atoms with Gasteiger partial charge in [-0.1, -0.05) is 18.2 Å². The SMILES string of the molecule is O=C(COC(=O)c1ccccc1Nc1cccc(C(F)(F)F)c1)c1ccc[nH]1. The fourth-order valence-electron chi connectivity index (χ4n) is 2.49. The Morgan fingerprint density at radius 3 is 2.50 bits per heavy atom. The average Bonchev–Trinajstić information content (AvgIpc) is 3.21. The molecular weight excluding hydrogens is 373 g/mol. The number of ether oxygens (including phenoxy) is 1. The summed E-state index contributed by atoms with van der Waals surface area (Å²) in [6, 6.07) is 14.0. The molecule has 2 aromatic carbocycles. The van der Waals surface area contributed by atoms with Gasteiger partial charge in [0.05, 0.1) is 22.5 Å². The van der Waals surface area contributed by atoms with Crippen molar-refractivity contribution in [1.82, 2.24) is 4.98 Å². The molecule has 8 heteroatoms. The summed E-state index contributed by atoms with van der Waals surface area (Å²) in [6.45, 7) is -0.461. The number of H-pyrrole nitrogens is 1. The second kappa shape index (κ2) is 7.99. The lowest BCUT2D eigenvalue weighted by atomic mass is 10.1. The number of aromatic amines is 1. The van der Waals surface area contributed by atoms with E-state index in [1.165, 1.54) is 24.3 Å². The van der Waals surface area contributed by atoms with Crippen molar-refractivity contribution >= 4 is 23.1 Å². The number of halogens is 3. The highest BCUT2D eigenvalue weighted by atomic mass is 19.4. The van der Waals surface area contributed by atoms with Gasteiger partial charge in [0.2, 0.25) is 5.78 Å². The molecule has 0 aliphatic rings. The highest BCUT2D eigenvalue weighted by Crippen LogP contribution is 2.32. The minimum absolute atomic E-state index is 0.0965. The van der Waals surface area contributed by atoms with Crippen LogP contribution in [0.5, 0.6) is 0 Å². The Balaban J connectivity index is 1.74. The molecule has 2 N–H and O–H groups in total. The van der Waals surface area contributed by atoms with E-state index < -0.39 is 30.1 Å². The van der Waals surface area contributed by atoms with Crippen molar-refractivity contribution in [2.45, 2.75) is 6.18 Å². The van der Waals surface area contributed by atoms with E-state index in [9.17, 15) is 22.8 Å². The number of alkyl halides is 3. The zero-order chi connectivity index (χ0) is 20.1. The molecular formula is C20H15F3N2O3. The monoisotopic (exact) mass is 388 g/mol. The van der Waals surface area contributed by atoms with Gasteiger partial charge in [-0.05, 0) is 42.5 Å². The third-order valence-corrected chi connectivity index (χ3v) is 3.85. The van der Waals surface area contributed by atoms with Gasteiger partial charge in [0.25, 0.3) is 0 Å². The number of nitrogens with one attached hydrogen (secondary N) is 2. The molecule has 0 saturated carbocycles. The van der Waals surface area contributed by atoms with Crippen molar-refractivity contribution < 1.29 is 27.5 Å². The highest BCUT2D eigenvalue weighted by Gasteiger charge is 2.30. The van der Waals surface area contributed by atoms with Crippen LogP contribution in [0.2, 0.25) is 0 Å². The van der Waals surface area contributed by atoms with Crippen LogP contribution in [0, 0.1) is 0 Å². The molecule has 0 aliphatic heterocycles. The number of benzene rings is 2. The van der Waals surface area contributed by atoms with Crippen LogP contribution in [-0.4, -0.2) is 23.3 Å². The number of rotatable bonds is 6. The van der Waals surface area contributed by atoms with Gasteiger partial charge in [0.15, 0.2) is 6.61 Å². The number of hydrogen-bond donors (Lipinski definition) is 2. The van der Waals surface area contributed by atoms with E-state index >= 15 is 0 Å². The molecule has 1 heterocycles. The second-order valence-corrected chi connectivity index (χ2v) is 5.83. The Morgan fingerprint density at radius 1 is 1.00 bits per heavy atom. The van der Waals surface area contributed by atoms with Crippen LogP contribution in [0.4, 0.5) is 24.5 Å². The highest BCUT2D eigenvalue weighted by molar-refractivity contribution is 6.00. The number of Topliss-reactive ketones (excluding diaryl/α,β-unsaturated/α-hetero) is 1. The van der Waals surface area contributed by atoms with Crippen molar-refractivity contribution in [3.63, 3.8) is 0 Å². The Bertz CT molecular complexity index is 982. The fraction of sp³-hybridized carbons (Fsp3) is 0.100. The summed E-state index contributed by atoms with van der Waals surface area (Å²) in [7, 11) is 0. The smallest absolute Gasteiger partial charge is 0.416 e. The lowest BCUT2D eigenvalue weighted by Gasteiger charge is -2.13. The predicted octanol–water partition coefficient (Wildman–Crippen LogP) is 4.82. The largest absolute Gasteiger partial charge is 0.454 e. The minimum atomic E-state index is -4.48. The van der Waals surface area contributed by atoms with Gasteiger partial charge in [0, 0.05) is 11.9 Å². The molecule has 0 unspecified atom stereocenters. The summed E-state index contributed by atoms with van der Waals surface area (Å²) >= 11 is 0. The Labute approximate surface area is 158 Å². The quantitative estimate of drug-likeness (QED) is 0.469. The second-order valence-electron chi connectivity index (χ2n) is 5.83. The molecule has 3 rings (SSSR count). The molecule has 144 valence electrons. The summed E-state index contributed by atoms with van der Waals surface area (Å²) in [6.07, 6.45) is -2.91. The zero-order valence-electron chi connectivity index (χ0n) is 14.4. The van der Waals surface area contributed by atoms with E-state index in [2.05, 4.69) is 10.3 Å². The normalized spacial score (nSPS) is 11.1. The number of hydrogen-bond acceptors (Lipinski definition) is 4. The number of carbonyl (C=O) groups is 2.